The highest BCUT2D eigenvalue weighted by atomic mass is 32.3. The minimum absolute atomic E-state index is 0.101. The number of aromatic amines is 1. The van der Waals surface area contributed by atoms with Crippen molar-refractivity contribution in [1.29, 1.82) is 5.26 Å². The van der Waals surface area contributed by atoms with Crippen LogP contribution in [-0.4, -0.2) is 43.0 Å². The van der Waals surface area contributed by atoms with Gasteiger partial charge in [0.05, 0.1) is 22.5 Å². The zero-order valence-corrected chi connectivity index (χ0v) is 22.2. The second kappa shape index (κ2) is 9.22. The summed E-state index contributed by atoms with van der Waals surface area (Å²) in [5.74, 6) is -0.137. The SMILES string of the molecule is Cc1cc2c(=O)c3c4ccc(C#N)cc4[nH]c3n(C3CCN(C)CC3)c2cc1-c1cccc(OS(=O)(=O)F)c1. The molecule has 0 radical (unpaired) electrons. The van der Waals surface area contributed by atoms with Gasteiger partial charge in [0.25, 0.3) is 0 Å². The van der Waals surface area contributed by atoms with Crippen LogP contribution in [0.3, 0.4) is 0 Å². The maximum absolute atomic E-state index is 14.0. The molecular formula is C29H25FN4O4S. The van der Waals surface area contributed by atoms with Crippen molar-refractivity contribution in [3.63, 3.8) is 0 Å². The van der Waals surface area contributed by atoms with Crippen molar-refractivity contribution < 1.29 is 16.5 Å². The monoisotopic (exact) mass is 544 g/mol. The van der Waals surface area contributed by atoms with Gasteiger partial charge in [0.15, 0.2) is 5.43 Å². The number of hydrogen-bond acceptors (Lipinski definition) is 6. The molecule has 8 nitrogen and oxygen atoms in total. The Morgan fingerprint density at radius 1 is 1.08 bits per heavy atom. The summed E-state index contributed by atoms with van der Waals surface area (Å²) in [4.78, 5) is 19.7. The first kappa shape index (κ1) is 25.1. The molecule has 1 aliphatic heterocycles. The fourth-order valence-corrected chi connectivity index (χ4v) is 6.10. The highest BCUT2D eigenvalue weighted by Gasteiger charge is 2.25. The number of fused-ring (bicyclic) bond motifs is 4. The first-order valence-corrected chi connectivity index (χ1v) is 13.9. The molecule has 5 aromatic rings. The van der Waals surface area contributed by atoms with Crippen molar-refractivity contribution in [2.75, 3.05) is 20.1 Å². The summed E-state index contributed by atoms with van der Waals surface area (Å²) in [5.41, 5.74) is 4.80. The fraction of sp³-hybridized carbons (Fsp3) is 0.241. The minimum atomic E-state index is -5.17. The summed E-state index contributed by atoms with van der Waals surface area (Å²) in [6.45, 7) is 3.70. The van der Waals surface area contributed by atoms with Crippen molar-refractivity contribution in [3.05, 3.63) is 75.9 Å². The lowest BCUT2D eigenvalue weighted by Gasteiger charge is -2.32. The maximum atomic E-state index is 14.0. The van der Waals surface area contributed by atoms with E-state index >= 15 is 0 Å². The number of pyridine rings is 1. The molecule has 0 spiro atoms. The average molecular weight is 545 g/mol. The number of H-pyrrole nitrogens is 1. The van der Waals surface area contributed by atoms with Gasteiger partial charge in [-0.2, -0.15) is 13.7 Å². The Labute approximate surface area is 224 Å². The van der Waals surface area contributed by atoms with E-state index in [1.807, 2.05) is 25.1 Å². The standard InChI is InChI=1S/C29H25FN4O4S/c1-17-12-24-26(15-23(17)19-4-3-5-21(14-19)38-39(30,36)37)34(20-8-10-33(2)11-9-20)29-27(28(24)35)22-7-6-18(16-31)13-25(22)32-29/h3-7,12-15,20,32H,8-11H2,1-2H3. The highest BCUT2D eigenvalue weighted by molar-refractivity contribution is 7.81. The van der Waals surface area contributed by atoms with Crippen LogP contribution in [0.25, 0.3) is 44.0 Å². The summed E-state index contributed by atoms with van der Waals surface area (Å²) < 4.78 is 42.0. The Morgan fingerprint density at radius 2 is 1.85 bits per heavy atom. The van der Waals surface area contributed by atoms with E-state index in [2.05, 4.69) is 31.8 Å². The molecule has 39 heavy (non-hydrogen) atoms. The molecule has 1 aliphatic rings. The quantitative estimate of drug-likeness (QED) is 0.306. The largest absolute Gasteiger partial charge is 0.488 e. The Kier molecular flexibility index (Phi) is 5.93. The van der Waals surface area contributed by atoms with Crippen LogP contribution in [0, 0.1) is 18.3 Å². The molecule has 3 heterocycles. The molecule has 0 saturated carbocycles. The number of hydrogen-bond donors (Lipinski definition) is 1. The molecule has 198 valence electrons. The predicted octanol–water partition coefficient (Wildman–Crippen LogP) is 5.34. The summed E-state index contributed by atoms with van der Waals surface area (Å²) in [7, 11) is -3.08. The van der Waals surface area contributed by atoms with E-state index in [0.29, 0.717) is 27.5 Å². The minimum Gasteiger partial charge on any atom is -0.358 e. The molecule has 6 rings (SSSR count). The topological polar surface area (TPSA) is 108 Å². The third-order valence-corrected chi connectivity index (χ3v) is 8.01. The number of likely N-dealkylation sites (tertiary alicyclic amines) is 1. The van der Waals surface area contributed by atoms with Crippen molar-refractivity contribution in [2.45, 2.75) is 25.8 Å². The zero-order chi connectivity index (χ0) is 27.5. The van der Waals surface area contributed by atoms with Gasteiger partial charge in [-0.05, 0) is 93.0 Å². The van der Waals surface area contributed by atoms with Crippen molar-refractivity contribution >= 4 is 43.3 Å². The van der Waals surface area contributed by atoms with Crippen molar-refractivity contribution in [1.82, 2.24) is 14.5 Å². The number of halogens is 1. The van der Waals surface area contributed by atoms with Crippen LogP contribution in [0.1, 0.15) is 30.0 Å². The van der Waals surface area contributed by atoms with Gasteiger partial charge in [0.2, 0.25) is 0 Å². The number of aryl methyl sites for hydroxylation is 1. The zero-order valence-electron chi connectivity index (χ0n) is 21.4. The molecule has 0 bridgehead atoms. The van der Waals surface area contributed by atoms with Crippen molar-refractivity contribution in [2.24, 2.45) is 0 Å². The molecule has 10 heteroatoms. The number of nitrogens with zero attached hydrogens (tertiary/aromatic N) is 3. The van der Waals surface area contributed by atoms with Crippen LogP contribution >= 0.6 is 0 Å². The van der Waals surface area contributed by atoms with Gasteiger partial charge < -0.3 is 18.6 Å². The normalized spacial score (nSPS) is 15.2. The second-order valence-electron chi connectivity index (χ2n) is 10.1. The summed E-state index contributed by atoms with van der Waals surface area (Å²) in [6, 6.07) is 17.6. The molecule has 0 unspecified atom stereocenters. The molecule has 2 aromatic heterocycles. The van der Waals surface area contributed by atoms with Gasteiger partial charge >= 0.3 is 10.5 Å². The Morgan fingerprint density at radius 3 is 2.56 bits per heavy atom. The Bertz CT molecular complexity index is 2000. The van der Waals surface area contributed by atoms with E-state index in [1.165, 1.54) is 12.1 Å². The van der Waals surface area contributed by atoms with Crippen LogP contribution in [0.4, 0.5) is 3.89 Å². The highest BCUT2D eigenvalue weighted by Crippen LogP contribution is 2.36. The van der Waals surface area contributed by atoms with Crippen LogP contribution in [0.2, 0.25) is 0 Å². The third kappa shape index (κ3) is 4.43. The molecule has 3 aromatic carbocycles. The molecule has 1 fully saturated rings. The molecule has 0 amide bonds. The van der Waals surface area contributed by atoms with E-state index in [9.17, 15) is 22.4 Å². The number of aromatic nitrogens is 2. The Hall–Kier alpha value is -4.20. The molecule has 1 saturated heterocycles. The number of benzene rings is 3. The number of rotatable bonds is 4. The summed E-state index contributed by atoms with van der Waals surface area (Å²) in [6.07, 6.45) is 1.78. The summed E-state index contributed by atoms with van der Waals surface area (Å²) >= 11 is 0. The van der Waals surface area contributed by atoms with Gasteiger partial charge in [-0.1, -0.05) is 22.1 Å². The maximum Gasteiger partial charge on any atom is 0.488 e. The number of piperidine rings is 1. The van der Waals surface area contributed by atoms with Gasteiger partial charge in [0, 0.05) is 22.3 Å². The lowest BCUT2D eigenvalue weighted by Crippen LogP contribution is -2.32. The first-order chi connectivity index (χ1) is 18.6. The fourth-order valence-electron chi connectivity index (χ4n) is 5.77. The predicted molar refractivity (Wildman–Crippen MR) is 149 cm³/mol. The Balaban J connectivity index is 1.66. The average Bonchev–Trinajstić information content (AvgIpc) is 3.27. The third-order valence-electron chi connectivity index (χ3n) is 7.62. The molecule has 0 atom stereocenters. The van der Waals surface area contributed by atoms with E-state index < -0.39 is 10.5 Å². The lowest BCUT2D eigenvalue weighted by atomic mass is 9.96. The van der Waals surface area contributed by atoms with Gasteiger partial charge in [-0.15, -0.1) is 0 Å². The van der Waals surface area contributed by atoms with Crippen LogP contribution in [0.15, 0.2) is 59.4 Å². The van der Waals surface area contributed by atoms with E-state index in [1.54, 1.807) is 24.3 Å². The van der Waals surface area contributed by atoms with Crippen LogP contribution in [0.5, 0.6) is 5.75 Å². The summed E-state index contributed by atoms with van der Waals surface area (Å²) in [5, 5.41) is 11.4. The number of nitriles is 1. The number of nitrogens with one attached hydrogen (secondary N) is 1. The molecular weight excluding hydrogens is 519 g/mol. The van der Waals surface area contributed by atoms with Gasteiger partial charge in [0.1, 0.15) is 11.4 Å². The van der Waals surface area contributed by atoms with Crippen molar-refractivity contribution in [3.8, 4) is 22.9 Å². The smallest absolute Gasteiger partial charge is 0.358 e. The van der Waals surface area contributed by atoms with Crippen LogP contribution in [-0.2, 0) is 10.5 Å². The first-order valence-electron chi connectivity index (χ1n) is 12.6. The van der Waals surface area contributed by atoms with E-state index in [-0.39, 0.29) is 17.2 Å². The van der Waals surface area contributed by atoms with Crippen LogP contribution < -0.4 is 9.61 Å². The van der Waals surface area contributed by atoms with Gasteiger partial charge in [-0.3, -0.25) is 4.79 Å². The lowest BCUT2D eigenvalue weighted by molar-refractivity contribution is 0.226. The van der Waals surface area contributed by atoms with E-state index in [4.69, 9.17) is 0 Å². The van der Waals surface area contributed by atoms with E-state index in [0.717, 1.165) is 53.5 Å². The van der Waals surface area contributed by atoms with Gasteiger partial charge in [-0.25, -0.2) is 0 Å². The molecule has 0 aliphatic carbocycles. The second-order valence-corrected chi connectivity index (χ2v) is 11.1. The molecule has 1 N–H and O–H groups in total.